The molecule has 0 amide bonds. The van der Waals surface area contributed by atoms with Crippen LogP contribution in [0, 0.1) is 3.70 Å². The molecule has 1 aliphatic heterocycles. The van der Waals surface area contributed by atoms with E-state index < -0.39 is 0 Å². The van der Waals surface area contributed by atoms with Crippen molar-refractivity contribution in [1.82, 2.24) is 10.3 Å². The van der Waals surface area contributed by atoms with Gasteiger partial charge < -0.3 is 4.90 Å². The van der Waals surface area contributed by atoms with Crippen molar-refractivity contribution in [3.05, 3.63) is 22.0 Å². The molecule has 1 saturated heterocycles. The summed E-state index contributed by atoms with van der Waals surface area (Å²) in [6.45, 7) is 3.21. The van der Waals surface area contributed by atoms with Gasteiger partial charge >= 0.3 is 0 Å². The van der Waals surface area contributed by atoms with Gasteiger partial charge in [0.15, 0.2) is 0 Å². The summed E-state index contributed by atoms with van der Waals surface area (Å²) >= 11 is 2.22. The first kappa shape index (κ1) is 9.21. The zero-order valence-corrected chi connectivity index (χ0v) is 9.49. The second kappa shape index (κ2) is 4.23. The summed E-state index contributed by atoms with van der Waals surface area (Å²) in [5.41, 5.74) is 1.22. The van der Waals surface area contributed by atoms with E-state index in [1.807, 2.05) is 12.3 Å². The predicted molar refractivity (Wildman–Crippen MR) is 61.8 cm³/mol. The van der Waals surface area contributed by atoms with Crippen LogP contribution < -0.4 is 10.2 Å². The molecule has 0 radical (unpaired) electrons. The first-order valence-corrected chi connectivity index (χ1v) is 5.51. The molecule has 13 heavy (non-hydrogen) atoms. The molecule has 1 aliphatic rings. The van der Waals surface area contributed by atoms with Crippen LogP contribution in [-0.2, 0) is 0 Å². The molecule has 1 fully saturated rings. The van der Waals surface area contributed by atoms with E-state index in [4.69, 9.17) is 0 Å². The Bertz CT molecular complexity index is 267. The van der Waals surface area contributed by atoms with Crippen molar-refractivity contribution >= 4 is 28.3 Å². The van der Waals surface area contributed by atoms with Gasteiger partial charge in [-0.3, -0.25) is 5.32 Å². The van der Waals surface area contributed by atoms with Crippen molar-refractivity contribution in [2.24, 2.45) is 0 Å². The molecule has 0 aliphatic carbocycles. The summed E-state index contributed by atoms with van der Waals surface area (Å²) in [6.07, 6.45) is 3.15. The molecule has 0 unspecified atom stereocenters. The summed E-state index contributed by atoms with van der Waals surface area (Å²) < 4.78 is 1.05. The first-order chi connectivity index (χ1) is 6.36. The second-order valence-corrected chi connectivity index (χ2v) is 4.22. The van der Waals surface area contributed by atoms with Crippen LogP contribution in [0.1, 0.15) is 6.42 Å². The molecular weight excluding hydrogens is 277 g/mol. The highest BCUT2D eigenvalue weighted by Crippen LogP contribution is 2.14. The van der Waals surface area contributed by atoms with Gasteiger partial charge in [-0.1, -0.05) is 0 Å². The molecule has 0 saturated carbocycles. The maximum absolute atomic E-state index is 4.27. The van der Waals surface area contributed by atoms with Crippen LogP contribution in [0.15, 0.2) is 18.3 Å². The molecule has 4 heteroatoms. The third-order valence-electron chi connectivity index (χ3n) is 2.16. The lowest BCUT2D eigenvalue weighted by Crippen LogP contribution is -2.41. The van der Waals surface area contributed by atoms with Crippen LogP contribution in [0.2, 0.25) is 0 Å². The zero-order chi connectivity index (χ0) is 9.10. The molecule has 1 aromatic rings. The van der Waals surface area contributed by atoms with Crippen LogP contribution in [0.5, 0.6) is 0 Å². The quantitative estimate of drug-likeness (QED) is 0.626. The summed E-state index contributed by atoms with van der Waals surface area (Å²) in [6, 6.07) is 4.17. The summed E-state index contributed by atoms with van der Waals surface area (Å²) in [5, 5.41) is 3.34. The molecule has 0 atom stereocenters. The predicted octanol–water partition coefficient (Wildman–Crippen LogP) is 1.44. The normalized spacial score (nSPS) is 17.5. The number of nitrogens with one attached hydrogen (secondary N) is 1. The highest BCUT2D eigenvalue weighted by atomic mass is 127. The van der Waals surface area contributed by atoms with Gasteiger partial charge in [-0.2, -0.15) is 0 Å². The van der Waals surface area contributed by atoms with Crippen LogP contribution >= 0.6 is 22.6 Å². The summed E-state index contributed by atoms with van der Waals surface area (Å²) in [7, 11) is 0. The van der Waals surface area contributed by atoms with Gasteiger partial charge in [-0.05, 0) is 47.7 Å². The number of anilines is 1. The highest BCUT2D eigenvalue weighted by molar-refractivity contribution is 14.1. The average Bonchev–Trinajstić information content (AvgIpc) is 2.20. The fraction of sp³-hybridized carbons (Fsp3) is 0.444. The Morgan fingerprint density at radius 3 is 3.00 bits per heavy atom. The Labute approximate surface area is 91.7 Å². The third-order valence-corrected chi connectivity index (χ3v) is 2.80. The summed E-state index contributed by atoms with van der Waals surface area (Å²) in [5.74, 6) is 0. The third kappa shape index (κ3) is 2.31. The SMILES string of the molecule is Ic1ccc(N2CCCNC2)cn1. The Kier molecular flexibility index (Phi) is 3.00. The monoisotopic (exact) mass is 289 g/mol. The number of aromatic nitrogens is 1. The number of nitrogens with zero attached hydrogens (tertiary/aromatic N) is 2. The topological polar surface area (TPSA) is 28.2 Å². The van der Waals surface area contributed by atoms with Crippen molar-refractivity contribution in [2.75, 3.05) is 24.7 Å². The van der Waals surface area contributed by atoms with Crippen LogP contribution in [0.4, 0.5) is 5.69 Å². The van der Waals surface area contributed by atoms with E-state index >= 15 is 0 Å². The molecule has 1 aromatic heterocycles. The minimum atomic E-state index is 0.947. The maximum atomic E-state index is 4.27. The second-order valence-electron chi connectivity index (χ2n) is 3.11. The van der Waals surface area contributed by atoms with E-state index in [0.717, 1.165) is 23.5 Å². The van der Waals surface area contributed by atoms with Crippen molar-refractivity contribution in [2.45, 2.75) is 6.42 Å². The number of hydrogen-bond donors (Lipinski definition) is 1. The minimum Gasteiger partial charge on any atom is -0.357 e. The van der Waals surface area contributed by atoms with Crippen LogP contribution in [0.25, 0.3) is 0 Å². The molecular formula is C9H12IN3. The molecule has 3 nitrogen and oxygen atoms in total. The van der Waals surface area contributed by atoms with Crippen LogP contribution in [-0.4, -0.2) is 24.7 Å². The minimum absolute atomic E-state index is 0.947. The van der Waals surface area contributed by atoms with Gasteiger partial charge in [-0.25, -0.2) is 4.98 Å². The van der Waals surface area contributed by atoms with Gasteiger partial charge in [0, 0.05) is 6.54 Å². The standard InChI is InChI=1S/C9H12IN3/c10-9-3-2-8(6-12-9)13-5-1-4-11-7-13/h2-3,6,11H,1,4-5,7H2. The van der Waals surface area contributed by atoms with E-state index in [2.05, 4.69) is 43.9 Å². The average molecular weight is 289 g/mol. The molecule has 0 spiro atoms. The molecule has 2 rings (SSSR count). The van der Waals surface area contributed by atoms with E-state index in [9.17, 15) is 0 Å². The van der Waals surface area contributed by atoms with Gasteiger partial charge in [0.05, 0.1) is 18.6 Å². The Morgan fingerprint density at radius 2 is 2.38 bits per heavy atom. The van der Waals surface area contributed by atoms with Gasteiger partial charge in [0.25, 0.3) is 0 Å². The van der Waals surface area contributed by atoms with Crippen LogP contribution in [0.3, 0.4) is 0 Å². The van der Waals surface area contributed by atoms with E-state index in [1.165, 1.54) is 12.1 Å². The lowest BCUT2D eigenvalue weighted by Gasteiger charge is -2.29. The Morgan fingerprint density at radius 1 is 1.46 bits per heavy atom. The fourth-order valence-corrected chi connectivity index (χ4v) is 1.78. The number of pyridine rings is 1. The number of halogens is 1. The maximum Gasteiger partial charge on any atom is 0.101 e. The van der Waals surface area contributed by atoms with Crippen molar-refractivity contribution in [3.8, 4) is 0 Å². The highest BCUT2D eigenvalue weighted by Gasteiger charge is 2.09. The molecule has 1 N–H and O–H groups in total. The van der Waals surface area contributed by atoms with E-state index in [-0.39, 0.29) is 0 Å². The van der Waals surface area contributed by atoms with Gasteiger partial charge in [0.2, 0.25) is 0 Å². The molecule has 0 bridgehead atoms. The largest absolute Gasteiger partial charge is 0.357 e. The Hall–Kier alpha value is -0.360. The van der Waals surface area contributed by atoms with Gasteiger partial charge in [-0.15, -0.1) is 0 Å². The lowest BCUT2D eigenvalue weighted by molar-refractivity contribution is 0.552. The molecule has 70 valence electrons. The van der Waals surface area contributed by atoms with E-state index in [0.29, 0.717) is 0 Å². The Balaban J connectivity index is 2.10. The zero-order valence-electron chi connectivity index (χ0n) is 7.33. The molecule has 0 aromatic carbocycles. The van der Waals surface area contributed by atoms with E-state index in [1.54, 1.807) is 0 Å². The van der Waals surface area contributed by atoms with Crippen molar-refractivity contribution in [1.29, 1.82) is 0 Å². The summed E-state index contributed by atoms with van der Waals surface area (Å²) in [4.78, 5) is 6.58. The first-order valence-electron chi connectivity index (χ1n) is 4.43. The fourth-order valence-electron chi connectivity index (χ4n) is 1.46. The lowest BCUT2D eigenvalue weighted by atomic mass is 10.3. The van der Waals surface area contributed by atoms with Gasteiger partial charge in [0.1, 0.15) is 3.70 Å². The van der Waals surface area contributed by atoms with Crippen molar-refractivity contribution < 1.29 is 0 Å². The van der Waals surface area contributed by atoms with Crippen molar-refractivity contribution in [3.63, 3.8) is 0 Å². The smallest absolute Gasteiger partial charge is 0.101 e. The number of hydrogen-bond acceptors (Lipinski definition) is 3. The molecule has 2 heterocycles. The number of rotatable bonds is 1.